The summed E-state index contributed by atoms with van der Waals surface area (Å²) in [7, 11) is 1.33. The highest BCUT2D eigenvalue weighted by Gasteiger charge is 2.20. The first kappa shape index (κ1) is 14.0. The number of aliphatic hydroxyl groups excluding tert-OH is 1. The molecule has 0 aromatic heterocycles. The van der Waals surface area contributed by atoms with Gasteiger partial charge < -0.3 is 9.84 Å². The molecule has 2 rings (SSSR count). The van der Waals surface area contributed by atoms with Gasteiger partial charge in [0.25, 0.3) is 0 Å². The maximum Gasteiger partial charge on any atom is 0.171 e. The van der Waals surface area contributed by atoms with Crippen LogP contribution in [0.5, 0.6) is 5.75 Å². The van der Waals surface area contributed by atoms with Crippen LogP contribution in [-0.4, -0.2) is 12.2 Å². The standard InChI is InChI=1S/C14H11BrF2O2/c1-19-12-4-2-3-9(13(12)17)14(18)10-7-8(15)5-6-11(10)16/h2-7,14,18H,1H3. The molecule has 0 bridgehead atoms. The maximum atomic E-state index is 14.0. The molecule has 0 heterocycles. The summed E-state index contributed by atoms with van der Waals surface area (Å²) in [6.07, 6.45) is -1.40. The Morgan fingerprint density at radius 3 is 2.58 bits per heavy atom. The van der Waals surface area contributed by atoms with E-state index in [9.17, 15) is 13.9 Å². The molecule has 0 saturated heterocycles. The van der Waals surface area contributed by atoms with Gasteiger partial charge in [-0.2, -0.15) is 0 Å². The molecular weight excluding hydrogens is 318 g/mol. The van der Waals surface area contributed by atoms with E-state index in [1.807, 2.05) is 0 Å². The smallest absolute Gasteiger partial charge is 0.171 e. The van der Waals surface area contributed by atoms with Gasteiger partial charge in [-0.15, -0.1) is 0 Å². The third-order valence-corrected chi connectivity index (χ3v) is 3.25. The molecule has 0 saturated carbocycles. The summed E-state index contributed by atoms with van der Waals surface area (Å²) < 4.78 is 33.1. The van der Waals surface area contributed by atoms with Gasteiger partial charge in [-0.25, -0.2) is 8.78 Å². The Kier molecular flexibility index (Phi) is 4.17. The number of methoxy groups -OCH3 is 1. The molecule has 0 aliphatic rings. The van der Waals surface area contributed by atoms with Gasteiger partial charge in [0.15, 0.2) is 11.6 Å². The van der Waals surface area contributed by atoms with Crippen LogP contribution < -0.4 is 4.74 Å². The third kappa shape index (κ3) is 2.77. The van der Waals surface area contributed by atoms with Crippen LogP contribution in [0.15, 0.2) is 40.9 Å². The molecule has 0 spiro atoms. The zero-order valence-corrected chi connectivity index (χ0v) is 11.6. The minimum atomic E-state index is -1.40. The van der Waals surface area contributed by atoms with Crippen LogP contribution in [0.2, 0.25) is 0 Å². The Hall–Kier alpha value is -1.46. The number of aliphatic hydroxyl groups is 1. The lowest BCUT2D eigenvalue weighted by atomic mass is 10.0. The number of ether oxygens (including phenoxy) is 1. The van der Waals surface area contributed by atoms with E-state index >= 15 is 0 Å². The molecular formula is C14H11BrF2O2. The van der Waals surface area contributed by atoms with Crippen molar-refractivity contribution in [3.05, 3.63) is 63.6 Å². The molecule has 1 N–H and O–H groups in total. The second-order valence-electron chi connectivity index (χ2n) is 3.93. The predicted molar refractivity (Wildman–Crippen MR) is 71.1 cm³/mol. The van der Waals surface area contributed by atoms with Crippen LogP contribution >= 0.6 is 15.9 Å². The largest absolute Gasteiger partial charge is 0.494 e. The molecule has 2 aromatic carbocycles. The number of benzene rings is 2. The zero-order valence-electron chi connectivity index (χ0n) is 10.0. The fraction of sp³-hybridized carbons (Fsp3) is 0.143. The fourth-order valence-corrected chi connectivity index (χ4v) is 2.17. The van der Waals surface area contributed by atoms with E-state index < -0.39 is 17.7 Å². The van der Waals surface area contributed by atoms with Crippen molar-refractivity contribution in [2.45, 2.75) is 6.10 Å². The van der Waals surface area contributed by atoms with Crippen molar-refractivity contribution >= 4 is 15.9 Å². The lowest BCUT2D eigenvalue weighted by Gasteiger charge is -2.15. The van der Waals surface area contributed by atoms with Crippen molar-refractivity contribution in [2.75, 3.05) is 7.11 Å². The molecule has 0 aliphatic carbocycles. The van der Waals surface area contributed by atoms with Crippen molar-refractivity contribution in [1.29, 1.82) is 0 Å². The van der Waals surface area contributed by atoms with Crippen molar-refractivity contribution in [3.63, 3.8) is 0 Å². The van der Waals surface area contributed by atoms with Crippen molar-refractivity contribution in [1.82, 2.24) is 0 Å². The van der Waals surface area contributed by atoms with E-state index in [4.69, 9.17) is 4.74 Å². The third-order valence-electron chi connectivity index (χ3n) is 2.76. The highest BCUT2D eigenvalue weighted by molar-refractivity contribution is 9.10. The molecule has 0 radical (unpaired) electrons. The zero-order chi connectivity index (χ0) is 14.0. The average Bonchev–Trinajstić information content (AvgIpc) is 2.41. The molecule has 2 nitrogen and oxygen atoms in total. The van der Waals surface area contributed by atoms with Crippen LogP contribution in [0.25, 0.3) is 0 Å². The van der Waals surface area contributed by atoms with Crippen LogP contribution in [0.4, 0.5) is 8.78 Å². The molecule has 0 amide bonds. The van der Waals surface area contributed by atoms with Gasteiger partial charge in [-0.05, 0) is 24.3 Å². The van der Waals surface area contributed by atoms with E-state index in [0.717, 1.165) is 0 Å². The molecule has 5 heteroatoms. The summed E-state index contributed by atoms with van der Waals surface area (Å²) in [5, 5.41) is 10.1. The number of halogens is 3. The van der Waals surface area contributed by atoms with Crippen molar-refractivity contribution in [3.8, 4) is 5.75 Å². The van der Waals surface area contributed by atoms with Gasteiger partial charge in [0.2, 0.25) is 0 Å². The minimum absolute atomic E-state index is 0.00141. The van der Waals surface area contributed by atoms with Gasteiger partial charge in [-0.3, -0.25) is 0 Å². The molecule has 0 fully saturated rings. The summed E-state index contributed by atoms with van der Waals surface area (Å²) in [4.78, 5) is 0. The topological polar surface area (TPSA) is 29.5 Å². The second-order valence-corrected chi connectivity index (χ2v) is 4.85. The first-order valence-electron chi connectivity index (χ1n) is 5.50. The van der Waals surface area contributed by atoms with Gasteiger partial charge in [0, 0.05) is 15.6 Å². The Balaban J connectivity index is 2.50. The van der Waals surface area contributed by atoms with Crippen LogP contribution in [0.3, 0.4) is 0 Å². The summed E-state index contributed by atoms with van der Waals surface area (Å²) in [5.74, 6) is -1.29. The molecule has 100 valence electrons. The van der Waals surface area contributed by atoms with Gasteiger partial charge in [-0.1, -0.05) is 28.1 Å². The summed E-state index contributed by atoms with van der Waals surface area (Å²) in [5.41, 5.74) is -0.0297. The van der Waals surface area contributed by atoms with Crippen molar-refractivity contribution < 1.29 is 18.6 Å². The lowest BCUT2D eigenvalue weighted by Crippen LogP contribution is -2.06. The summed E-state index contributed by atoms with van der Waals surface area (Å²) >= 11 is 3.19. The monoisotopic (exact) mass is 328 g/mol. The first-order chi connectivity index (χ1) is 9.04. The minimum Gasteiger partial charge on any atom is -0.494 e. The highest BCUT2D eigenvalue weighted by Crippen LogP contribution is 2.31. The van der Waals surface area contributed by atoms with Gasteiger partial charge >= 0.3 is 0 Å². The first-order valence-corrected chi connectivity index (χ1v) is 6.29. The molecule has 19 heavy (non-hydrogen) atoms. The second kappa shape index (κ2) is 5.67. The summed E-state index contributed by atoms with van der Waals surface area (Å²) in [6.45, 7) is 0. The number of hydrogen-bond donors (Lipinski definition) is 1. The van der Waals surface area contributed by atoms with E-state index in [-0.39, 0.29) is 16.9 Å². The van der Waals surface area contributed by atoms with E-state index in [2.05, 4.69) is 15.9 Å². The van der Waals surface area contributed by atoms with E-state index in [1.165, 1.54) is 43.5 Å². The van der Waals surface area contributed by atoms with Gasteiger partial charge in [0.05, 0.1) is 7.11 Å². The Morgan fingerprint density at radius 1 is 1.16 bits per heavy atom. The maximum absolute atomic E-state index is 14.0. The van der Waals surface area contributed by atoms with Crippen molar-refractivity contribution in [2.24, 2.45) is 0 Å². The van der Waals surface area contributed by atoms with Crippen LogP contribution in [0, 0.1) is 11.6 Å². The van der Waals surface area contributed by atoms with Crippen LogP contribution in [-0.2, 0) is 0 Å². The van der Waals surface area contributed by atoms with Crippen LogP contribution in [0.1, 0.15) is 17.2 Å². The summed E-state index contributed by atoms with van der Waals surface area (Å²) in [6, 6.07) is 8.50. The Morgan fingerprint density at radius 2 is 1.89 bits per heavy atom. The quantitative estimate of drug-likeness (QED) is 0.928. The Labute approximate surface area is 117 Å². The predicted octanol–water partition coefficient (Wildman–Crippen LogP) is 3.82. The van der Waals surface area contributed by atoms with E-state index in [1.54, 1.807) is 0 Å². The average molecular weight is 329 g/mol. The fourth-order valence-electron chi connectivity index (χ4n) is 1.79. The molecule has 2 aromatic rings. The molecule has 1 atom stereocenters. The SMILES string of the molecule is COc1cccc(C(O)c2cc(Br)ccc2F)c1F. The normalized spacial score (nSPS) is 12.3. The number of rotatable bonds is 3. The molecule has 1 unspecified atom stereocenters. The van der Waals surface area contributed by atoms with Gasteiger partial charge in [0.1, 0.15) is 11.9 Å². The Bertz CT molecular complexity index is 602. The molecule has 0 aliphatic heterocycles. The van der Waals surface area contributed by atoms with E-state index in [0.29, 0.717) is 4.47 Å². The highest BCUT2D eigenvalue weighted by atomic mass is 79.9. The number of hydrogen-bond acceptors (Lipinski definition) is 2. The lowest BCUT2D eigenvalue weighted by molar-refractivity contribution is 0.208.